The van der Waals surface area contributed by atoms with Crippen molar-refractivity contribution >= 4 is 72.8 Å². The molecule has 422 valence electrons. The molecule has 0 bridgehead atoms. The van der Waals surface area contributed by atoms with E-state index in [0.717, 1.165) is 24.3 Å². The molecule has 8 heterocycles. The first-order valence-corrected chi connectivity index (χ1v) is 32.4. The van der Waals surface area contributed by atoms with E-state index in [2.05, 4.69) is 70.5 Å². The van der Waals surface area contributed by atoms with Crippen LogP contribution in [0.25, 0.3) is 45.6 Å². The van der Waals surface area contributed by atoms with Crippen molar-refractivity contribution in [3.63, 3.8) is 0 Å². The average molecular weight is 1560 g/mol. The minimum absolute atomic E-state index is 0. The maximum Gasteiger partial charge on any atom is 2.00 e. The summed E-state index contributed by atoms with van der Waals surface area (Å²) in [5.74, 6) is -0.116. The molecule has 10 aromatic rings. The van der Waals surface area contributed by atoms with E-state index in [0.29, 0.717) is 11.4 Å². The van der Waals surface area contributed by atoms with Gasteiger partial charge in [0.1, 0.15) is 34.2 Å². The van der Waals surface area contributed by atoms with Crippen LogP contribution < -0.4 is 20.0 Å². The minimum atomic E-state index is -4.68. The number of nitrogens with zero attached hydrogens (tertiary/aromatic N) is 16. The maximum absolute atomic E-state index is 13.0. The van der Waals surface area contributed by atoms with Gasteiger partial charge in [0.2, 0.25) is 23.8 Å². The summed E-state index contributed by atoms with van der Waals surface area (Å²) in [6, 6.07) is 25.6. The normalized spacial score (nSPS) is 12.1. The van der Waals surface area contributed by atoms with Gasteiger partial charge in [-0.05, 0) is 72.8 Å². The van der Waals surface area contributed by atoms with Crippen LogP contribution >= 0.6 is 37.7 Å². The number of aromatic nitrogens is 16. The first kappa shape index (κ1) is 60.5. The number of rotatable bonds is 10. The second kappa shape index (κ2) is 24.7. The zero-order valence-electron chi connectivity index (χ0n) is 38.5. The standard InChI is InChI=1S/C22H13F6N9.C22H11F6N9.4ClH.2Pt/c2*23-21(24,25)17-10-15(33-35-17)13-6-8-29-19(31-13)37(12-4-2-1-3-5-12)20-30-9-7-14(32-20)16-11-18(36-34-16)22(26,27)28;;;;;;/h1-11H,(H,33,35)(H,34,36);1-11H;4*1H;;/q;-2;;;;;+2;+4/p-4. The van der Waals surface area contributed by atoms with E-state index in [-0.39, 0.29) is 90.4 Å². The SMILES string of the molecule is FC(F)(F)c1cc(-c2ccnc(N(c3ccccc3)c3nccc(-c4cc(C(F)(F)F)[nH]n4)n3)n2)n[nH]1.FC(F)(F)c1cc(-c2ccnc(N(c3ccccc3)c3nccc(-c4cc(C(F)(F)F)n[n-]4)n3)n2)[n-]n1.[Cl][Pt]([Cl])([Cl])[Cl].[Pt+2]. The van der Waals surface area contributed by atoms with E-state index in [9.17, 15) is 52.7 Å². The van der Waals surface area contributed by atoms with Gasteiger partial charge in [-0.2, -0.15) is 62.9 Å². The summed E-state index contributed by atoms with van der Waals surface area (Å²) in [4.78, 5) is 36.9. The Balaban J connectivity index is 0.000000211. The number of nitrogens with one attached hydrogen (secondary N) is 2. The molecule has 0 saturated heterocycles. The number of aromatic amines is 2. The van der Waals surface area contributed by atoms with Gasteiger partial charge in [-0.1, -0.05) is 47.8 Å². The predicted molar refractivity (Wildman–Crippen MR) is 256 cm³/mol. The number of para-hydroxylation sites is 2. The van der Waals surface area contributed by atoms with Crippen molar-refractivity contribution < 1.29 is 85.6 Å². The topological polar surface area (TPSA) is 221 Å². The molecule has 36 heteroatoms. The Kier molecular flexibility index (Phi) is 18.7. The van der Waals surface area contributed by atoms with Gasteiger partial charge in [0, 0.05) is 24.8 Å². The summed E-state index contributed by atoms with van der Waals surface area (Å²) in [7, 11) is 20.0. The first-order chi connectivity index (χ1) is 37.2. The molecule has 0 fully saturated rings. The minimum Gasteiger partial charge on any atom is 2.00 e. The molecule has 0 unspecified atom stereocenters. The van der Waals surface area contributed by atoms with Crippen molar-refractivity contribution in [1.29, 1.82) is 0 Å². The van der Waals surface area contributed by atoms with Crippen molar-refractivity contribution in [3.8, 4) is 45.6 Å². The molecule has 80 heavy (non-hydrogen) atoms. The Morgan fingerprint density at radius 1 is 0.400 bits per heavy atom. The van der Waals surface area contributed by atoms with Crippen LogP contribution in [0.1, 0.15) is 22.8 Å². The van der Waals surface area contributed by atoms with Crippen LogP contribution in [-0.2, 0) is 57.7 Å². The fourth-order valence-corrected chi connectivity index (χ4v) is 6.50. The van der Waals surface area contributed by atoms with Gasteiger partial charge in [0.05, 0.1) is 34.2 Å². The van der Waals surface area contributed by atoms with E-state index in [1.54, 1.807) is 60.7 Å². The van der Waals surface area contributed by atoms with E-state index < -0.39 is 59.4 Å². The Morgan fingerprint density at radius 2 is 0.700 bits per heavy atom. The number of H-pyrrole nitrogens is 2. The van der Waals surface area contributed by atoms with Gasteiger partial charge in [0.15, 0.2) is 0 Å². The summed E-state index contributed by atoms with van der Waals surface area (Å²) in [5, 5.41) is 24.7. The quantitative estimate of drug-likeness (QED) is 0.122. The molecule has 8 aromatic heterocycles. The van der Waals surface area contributed by atoms with Gasteiger partial charge < -0.3 is 20.4 Å². The molecule has 10 rings (SSSR count). The summed E-state index contributed by atoms with van der Waals surface area (Å²) in [6.45, 7) is 0. The Morgan fingerprint density at radius 3 is 0.975 bits per heavy atom. The third kappa shape index (κ3) is 15.6. The number of halogens is 16. The van der Waals surface area contributed by atoms with Crippen LogP contribution in [0.15, 0.2) is 134 Å². The van der Waals surface area contributed by atoms with Crippen LogP contribution in [0.4, 0.5) is 87.9 Å². The summed E-state index contributed by atoms with van der Waals surface area (Å²) in [6.07, 6.45) is -13.4. The monoisotopic (exact) mass is 1560 g/mol. The Hall–Kier alpha value is -7.10. The fourth-order valence-electron chi connectivity index (χ4n) is 6.50. The largest absolute Gasteiger partial charge is 2.00 e. The molecule has 0 amide bonds. The molecular formula is C44H24Cl4F12N18Pt2. The Labute approximate surface area is 473 Å². The van der Waals surface area contributed by atoms with Gasteiger partial charge in [-0.3, -0.25) is 10.2 Å². The summed E-state index contributed by atoms with van der Waals surface area (Å²) >= 11 is -3.06. The van der Waals surface area contributed by atoms with Crippen LogP contribution in [-0.4, -0.2) is 70.5 Å². The second-order valence-electron chi connectivity index (χ2n) is 15.1. The second-order valence-corrected chi connectivity index (χ2v) is 34.8. The van der Waals surface area contributed by atoms with Crippen LogP contribution in [0.2, 0.25) is 0 Å². The molecule has 18 nitrogen and oxygen atoms in total. The smallest absolute Gasteiger partial charge is 2.00 e. The number of hydrogen-bond acceptors (Lipinski definition) is 14. The summed E-state index contributed by atoms with van der Waals surface area (Å²) in [5.41, 5.74) is -3.67. The molecule has 0 saturated carbocycles. The van der Waals surface area contributed by atoms with Gasteiger partial charge in [-0.15, -0.1) is 0 Å². The van der Waals surface area contributed by atoms with Gasteiger partial charge in [0.25, 0.3) is 0 Å². The molecule has 0 spiro atoms. The van der Waals surface area contributed by atoms with Crippen LogP contribution in [0.5, 0.6) is 0 Å². The van der Waals surface area contributed by atoms with Gasteiger partial charge >= 0.3 is 95.3 Å². The molecule has 0 atom stereocenters. The summed E-state index contributed by atoms with van der Waals surface area (Å²) < 4.78 is 156. The zero-order chi connectivity index (χ0) is 56.9. The maximum atomic E-state index is 13.0. The molecule has 0 aliphatic heterocycles. The first-order valence-electron chi connectivity index (χ1n) is 21.1. The third-order valence-electron chi connectivity index (χ3n) is 9.88. The number of benzene rings is 2. The number of hydrogen-bond donors (Lipinski definition) is 2. The van der Waals surface area contributed by atoms with Crippen LogP contribution in [0, 0.1) is 0 Å². The number of alkyl halides is 12. The van der Waals surface area contributed by atoms with E-state index in [1.807, 2.05) is 10.2 Å². The third-order valence-corrected chi connectivity index (χ3v) is 9.88. The van der Waals surface area contributed by atoms with E-state index in [1.165, 1.54) is 58.9 Å². The molecule has 2 aromatic carbocycles. The molecular weight excluding hydrogens is 1540 g/mol. The van der Waals surface area contributed by atoms with Gasteiger partial charge in [-0.25, -0.2) is 49.7 Å². The van der Waals surface area contributed by atoms with E-state index >= 15 is 0 Å². The van der Waals surface area contributed by atoms with Crippen molar-refractivity contribution in [2.75, 3.05) is 9.80 Å². The average Bonchev–Trinajstić information content (AvgIpc) is 4.25. The molecule has 0 aliphatic carbocycles. The molecule has 0 radical (unpaired) electrons. The molecule has 0 aliphatic rings. The van der Waals surface area contributed by atoms with E-state index in [4.69, 9.17) is 37.7 Å². The van der Waals surface area contributed by atoms with Crippen molar-refractivity contribution in [2.45, 2.75) is 24.7 Å². The molecule has 2 N–H and O–H groups in total. The number of anilines is 6. The van der Waals surface area contributed by atoms with Crippen LogP contribution in [0.3, 0.4) is 0 Å². The zero-order valence-corrected chi connectivity index (χ0v) is 46.1. The predicted octanol–water partition coefficient (Wildman–Crippen LogP) is 13.1. The van der Waals surface area contributed by atoms with Crippen molar-refractivity contribution in [3.05, 3.63) is 157 Å². The fraction of sp³-hybridized carbons (Fsp3) is 0.0909. The van der Waals surface area contributed by atoms with Crippen molar-refractivity contribution in [1.82, 2.24) is 80.7 Å². The Bertz CT molecular complexity index is 3220. The van der Waals surface area contributed by atoms with Crippen molar-refractivity contribution in [2.24, 2.45) is 0 Å².